The summed E-state index contributed by atoms with van der Waals surface area (Å²) in [5.74, 6) is 1.01. The Morgan fingerprint density at radius 2 is 1.69 bits per heavy atom. The van der Waals surface area contributed by atoms with Crippen molar-refractivity contribution in [2.75, 3.05) is 20.2 Å². The first-order chi connectivity index (χ1) is 17.2. The molecule has 5 nitrogen and oxygen atoms in total. The molecule has 1 aliphatic rings. The molecule has 2 heterocycles. The number of H-pyrrole nitrogens is 1. The molecule has 5 rings (SSSR count). The minimum atomic E-state index is -1.21. The van der Waals surface area contributed by atoms with Crippen molar-refractivity contribution < 1.29 is 14.6 Å². The number of ether oxygens (including phenoxy) is 1. The first kappa shape index (κ1) is 23.3. The number of hydrogen-bond acceptors (Lipinski definition) is 4. The van der Waals surface area contributed by atoms with Gasteiger partial charge in [-0.1, -0.05) is 66.7 Å². The number of benzene rings is 3. The molecule has 2 atom stereocenters. The summed E-state index contributed by atoms with van der Waals surface area (Å²) in [6.07, 6.45) is 3.60. The zero-order valence-corrected chi connectivity index (χ0v) is 20.1. The number of piperidine rings is 1. The zero-order chi connectivity index (χ0) is 24.2. The molecule has 35 heavy (non-hydrogen) atoms. The van der Waals surface area contributed by atoms with Crippen LogP contribution < -0.4 is 4.74 Å². The molecule has 0 saturated carbocycles. The van der Waals surface area contributed by atoms with Gasteiger partial charge in [0.25, 0.3) is 0 Å². The SMILES string of the molecule is COc1ccccc1[C@H]([C@H](O)C(=O)c1c[nH]c2ccccc12)N1CCC(Cc2ccccc2)CC1. The molecular weight excluding hydrogens is 436 g/mol. The standard InChI is InChI=1S/C30H32N2O3/c1-35-27-14-8-6-12-24(27)28(30(34)29(33)25-20-31-26-13-7-5-11-23(25)26)32-17-15-22(16-18-32)19-21-9-3-2-4-10-21/h2-14,20,22,28,30-31,34H,15-19H2,1H3/t28-,30+/m1/s1. The van der Waals surface area contributed by atoms with Crippen molar-refractivity contribution in [1.82, 2.24) is 9.88 Å². The highest BCUT2D eigenvalue weighted by Gasteiger charge is 2.37. The summed E-state index contributed by atoms with van der Waals surface area (Å²) in [5, 5.41) is 12.4. The van der Waals surface area contributed by atoms with Crippen LogP contribution in [-0.4, -0.2) is 47.1 Å². The average Bonchev–Trinajstić information content (AvgIpc) is 3.34. The number of nitrogens with zero attached hydrogens (tertiary/aromatic N) is 1. The van der Waals surface area contributed by atoms with Gasteiger partial charge >= 0.3 is 0 Å². The number of aliphatic hydroxyl groups is 1. The third-order valence-corrected chi connectivity index (χ3v) is 7.29. The second kappa shape index (κ2) is 10.5. The maximum atomic E-state index is 13.6. The Morgan fingerprint density at radius 1 is 1.00 bits per heavy atom. The van der Waals surface area contributed by atoms with E-state index in [1.165, 1.54) is 5.56 Å². The van der Waals surface area contributed by atoms with Crippen LogP contribution in [0.15, 0.2) is 85.1 Å². The molecular formula is C30H32N2O3. The van der Waals surface area contributed by atoms with Crippen molar-refractivity contribution in [2.24, 2.45) is 5.92 Å². The number of ketones is 1. The lowest BCUT2D eigenvalue weighted by atomic mass is 9.87. The fourth-order valence-corrected chi connectivity index (χ4v) is 5.44. The summed E-state index contributed by atoms with van der Waals surface area (Å²) in [6.45, 7) is 1.64. The number of rotatable bonds is 8. The van der Waals surface area contributed by atoms with Crippen LogP contribution in [0.25, 0.3) is 10.9 Å². The molecule has 4 aromatic rings. The second-order valence-electron chi connectivity index (χ2n) is 9.41. The van der Waals surface area contributed by atoms with Gasteiger partial charge in [0.05, 0.1) is 13.2 Å². The van der Waals surface area contributed by atoms with Gasteiger partial charge in [-0.05, 0) is 56.0 Å². The smallest absolute Gasteiger partial charge is 0.195 e. The normalized spacial score (nSPS) is 16.7. The number of carbonyl (C=O) groups excluding carboxylic acids is 1. The predicted octanol–water partition coefficient (Wildman–Crippen LogP) is 5.42. The van der Waals surface area contributed by atoms with Crippen molar-refractivity contribution in [3.8, 4) is 5.75 Å². The number of aromatic amines is 1. The van der Waals surface area contributed by atoms with Crippen molar-refractivity contribution in [3.05, 3.63) is 102 Å². The van der Waals surface area contributed by atoms with Gasteiger partial charge in [0.1, 0.15) is 11.9 Å². The van der Waals surface area contributed by atoms with Crippen LogP contribution in [0.5, 0.6) is 5.75 Å². The molecule has 0 radical (unpaired) electrons. The fourth-order valence-electron chi connectivity index (χ4n) is 5.44. The predicted molar refractivity (Wildman–Crippen MR) is 139 cm³/mol. The summed E-state index contributed by atoms with van der Waals surface area (Å²) in [5.41, 5.74) is 3.62. The number of carbonyl (C=O) groups is 1. The van der Waals surface area contributed by atoms with E-state index in [-0.39, 0.29) is 5.78 Å². The Labute approximate surface area is 206 Å². The van der Waals surface area contributed by atoms with Gasteiger partial charge in [0.2, 0.25) is 0 Å². The van der Waals surface area contributed by atoms with Gasteiger partial charge in [-0.15, -0.1) is 0 Å². The van der Waals surface area contributed by atoms with Crippen LogP contribution in [0.2, 0.25) is 0 Å². The first-order valence-electron chi connectivity index (χ1n) is 12.3. The number of aliphatic hydroxyl groups excluding tert-OH is 1. The van der Waals surface area contributed by atoms with E-state index in [9.17, 15) is 9.90 Å². The molecule has 5 heteroatoms. The second-order valence-corrected chi connectivity index (χ2v) is 9.41. The van der Waals surface area contributed by atoms with Crippen LogP contribution in [0.4, 0.5) is 0 Å². The molecule has 0 bridgehead atoms. The highest BCUT2D eigenvalue weighted by molar-refractivity contribution is 6.10. The largest absolute Gasteiger partial charge is 0.496 e. The molecule has 1 aliphatic heterocycles. The number of likely N-dealkylation sites (tertiary alicyclic amines) is 1. The Hall–Kier alpha value is -3.41. The number of Topliss-reactive ketones (excluding diaryl/α,β-unsaturated/α-hetero) is 1. The third kappa shape index (κ3) is 4.88. The number of fused-ring (bicyclic) bond motifs is 1. The van der Waals surface area contributed by atoms with E-state index in [0.717, 1.165) is 48.8 Å². The molecule has 180 valence electrons. The highest BCUT2D eigenvalue weighted by Crippen LogP contribution is 2.36. The summed E-state index contributed by atoms with van der Waals surface area (Å²) in [4.78, 5) is 19.1. The van der Waals surface area contributed by atoms with Gasteiger partial charge < -0.3 is 14.8 Å². The Morgan fingerprint density at radius 3 is 2.46 bits per heavy atom. The van der Waals surface area contributed by atoms with Gasteiger partial charge in [0, 0.05) is 28.2 Å². The fraction of sp³-hybridized carbons (Fsp3) is 0.300. The van der Waals surface area contributed by atoms with E-state index >= 15 is 0 Å². The summed E-state index contributed by atoms with van der Waals surface area (Å²) >= 11 is 0. The number of methoxy groups -OCH3 is 1. The van der Waals surface area contributed by atoms with Gasteiger partial charge in [0.15, 0.2) is 5.78 Å². The van der Waals surface area contributed by atoms with Crippen LogP contribution >= 0.6 is 0 Å². The number of nitrogens with one attached hydrogen (secondary N) is 1. The Bertz CT molecular complexity index is 1280. The summed E-state index contributed by atoms with van der Waals surface area (Å²) < 4.78 is 5.65. The molecule has 0 unspecified atom stereocenters. The maximum Gasteiger partial charge on any atom is 0.195 e. The van der Waals surface area contributed by atoms with E-state index in [2.05, 4.69) is 40.2 Å². The lowest BCUT2D eigenvalue weighted by Crippen LogP contribution is -2.44. The molecule has 0 spiro atoms. The first-order valence-corrected chi connectivity index (χ1v) is 12.3. The van der Waals surface area contributed by atoms with E-state index in [1.54, 1.807) is 13.3 Å². The van der Waals surface area contributed by atoms with Gasteiger partial charge in [-0.25, -0.2) is 0 Å². The number of hydrogen-bond donors (Lipinski definition) is 2. The van der Waals surface area contributed by atoms with E-state index in [0.29, 0.717) is 17.2 Å². The van der Waals surface area contributed by atoms with Gasteiger partial charge in [-0.3, -0.25) is 9.69 Å². The lowest BCUT2D eigenvalue weighted by molar-refractivity contribution is 0.0258. The van der Waals surface area contributed by atoms with Gasteiger partial charge in [-0.2, -0.15) is 0 Å². The van der Waals surface area contributed by atoms with Crippen LogP contribution in [0.3, 0.4) is 0 Å². The quantitative estimate of drug-likeness (QED) is 0.339. The molecule has 1 fully saturated rings. The molecule has 1 saturated heterocycles. The molecule has 2 N–H and O–H groups in total. The van der Waals surface area contributed by atoms with Crippen LogP contribution in [0, 0.1) is 5.92 Å². The molecule has 0 aliphatic carbocycles. The molecule has 1 aromatic heterocycles. The molecule has 3 aromatic carbocycles. The van der Waals surface area contributed by atoms with Crippen molar-refractivity contribution in [1.29, 1.82) is 0 Å². The van der Waals surface area contributed by atoms with Crippen LogP contribution in [-0.2, 0) is 6.42 Å². The van der Waals surface area contributed by atoms with Crippen molar-refractivity contribution in [3.63, 3.8) is 0 Å². The van der Waals surface area contributed by atoms with E-state index in [1.807, 2.05) is 48.5 Å². The lowest BCUT2D eigenvalue weighted by Gasteiger charge is -2.40. The highest BCUT2D eigenvalue weighted by atomic mass is 16.5. The van der Waals surface area contributed by atoms with Crippen molar-refractivity contribution >= 4 is 16.7 Å². The Kier molecular flexibility index (Phi) is 6.98. The monoisotopic (exact) mass is 468 g/mol. The van der Waals surface area contributed by atoms with Crippen LogP contribution in [0.1, 0.15) is 40.4 Å². The summed E-state index contributed by atoms with van der Waals surface area (Å²) in [6, 6.07) is 25.5. The minimum Gasteiger partial charge on any atom is -0.496 e. The minimum absolute atomic E-state index is 0.273. The van der Waals surface area contributed by atoms with E-state index in [4.69, 9.17) is 4.74 Å². The average molecular weight is 469 g/mol. The maximum absolute atomic E-state index is 13.6. The topological polar surface area (TPSA) is 65.6 Å². The van der Waals surface area contributed by atoms with Crippen molar-refractivity contribution in [2.45, 2.75) is 31.4 Å². The number of para-hydroxylation sites is 2. The Balaban J connectivity index is 1.41. The zero-order valence-electron chi connectivity index (χ0n) is 20.1. The summed E-state index contributed by atoms with van der Waals surface area (Å²) in [7, 11) is 1.63. The third-order valence-electron chi connectivity index (χ3n) is 7.29. The number of aromatic nitrogens is 1. The van der Waals surface area contributed by atoms with E-state index < -0.39 is 12.1 Å². The molecule has 0 amide bonds.